The number of hydrogen-bond donors (Lipinski definition) is 1. The molecular formula is C11H12F3N3O. The van der Waals surface area contributed by atoms with Gasteiger partial charge in [0.05, 0.1) is 12.3 Å². The van der Waals surface area contributed by atoms with Crippen LogP contribution in [0, 0.1) is 0 Å². The van der Waals surface area contributed by atoms with Crippen molar-refractivity contribution in [2.75, 3.05) is 18.5 Å². The van der Waals surface area contributed by atoms with Crippen molar-refractivity contribution in [3.63, 3.8) is 0 Å². The second-order valence-electron chi connectivity index (χ2n) is 3.94. The number of alkyl halides is 3. The zero-order chi connectivity index (χ0) is 13.3. The highest BCUT2D eigenvalue weighted by Gasteiger charge is 2.31. The largest absolute Gasteiger partial charge is 0.405 e. The lowest BCUT2D eigenvalue weighted by Gasteiger charge is -2.19. The van der Waals surface area contributed by atoms with Gasteiger partial charge in [0.1, 0.15) is 12.2 Å². The molecule has 0 aliphatic carbocycles. The van der Waals surface area contributed by atoms with Crippen LogP contribution in [0.15, 0.2) is 24.4 Å². The summed E-state index contributed by atoms with van der Waals surface area (Å²) < 4.78 is 38.6. The van der Waals surface area contributed by atoms with Crippen LogP contribution in [0.25, 0.3) is 5.65 Å². The molecule has 0 fully saturated rings. The molecule has 0 amide bonds. The minimum Gasteiger partial charge on any atom is -0.390 e. The minimum absolute atomic E-state index is 0.140. The lowest BCUT2D eigenvalue weighted by molar-refractivity contribution is -0.119. The predicted octanol–water partition coefficient (Wildman–Crippen LogP) is 1.83. The van der Waals surface area contributed by atoms with Gasteiger partial charge in [0.15, 0.2) is 5.82 Å². The van der Waals surface area contributed by atoms with E-state index in [-0.39, 0.29) is 12.4 Å². The molecule has 0 aliphatic rings. The smallest absolute Gasteiger partial charge is 0.390 e. The van der Waals surface area contributed by atoms with Gasteiger partial charge < -0.3 is 10.0 Å². The summed E-state index contributed by atoms with van der Waals surface area (Å²) in [5.41, 5.74) is 0.850. The van der Waals surface area contributed by atoms with Crippen LogP contribution < -0.4 is 4.90 Å². The van der Waals surface area contributed by atoms with E-state index in [9.17, 15) is 18.3 Å². The second kappa shape index (κ2) is 4.49. The number of anilines is 1. The standard InChI is InChI=1S/C11H12F3N3O/c1-16(7-11(12,13)14)10-8(6-18)17-5-3-2-4-9(17)15-10/h2-5,18H,6-7H2,1H3. The van der Waals surface area contributed by atoms with E-state index < -0.39 is 12.7 Å². The SMILES string of the molecule is CN(CC(F)(F)F)c1nc2ccccn2c1CO. The third kappa shape index (κ3) is 2.40. The molecule has 2 aromatic heterocycles. The third-order valence-corrected chi connectivity index (χ3v) is 2.54. The minimum atomic E-state index is -4.31. The van der Waals surface area contributed by atoms with Crippen LogP contribution in [0.3, 0.4) is 0 Å². The van der Waals surface area contributed by atoms with Gasteiger partial charge in [-0.05, 0) is 12.1 Å². The molecule has 4 nitrogen and oxygen atoms in total. The van der Waals surface area contributed by atoms with Gasteiger partial charge in [-0.15, -0.1) is 0 Å². The number of imidazole rings is 1. The molecule has 0 atom stereocenters. The van der Waals surface area contributed by atoms with E-state index in [1.165, 1.54) is 7.05 Å². The molecule has 0 aliphatic heterocycles. The van der Waals surface area contributed by atoms with E-state index in [0.29, 0.717) is 11.3 Å². The van der Waals surface area contributed by atoms with Crippen molar-refractivity contribution in [1.82, 2.24) is 9.38 Å². The number of hydrogen-bond acceptors (Lipinski definition) is 3. The molecule has 0 aromatic carbocycles. The Bertz CT molecular complexity index is 550. The Morgan fingerprint density at radius 1 is 1.39 bits per heavy atom. The maximum absolute atomic E-state index is 12.3. The molecule has 18 heavy (non-hydrogen) atoms. The number of pyridine rings is 1. The Balaban J connectivity index is 2.44. The summed E-state index contributed by atoms with van der Waals surface area (Å²) in [5.74, 6) is 0.140. The van der Waals surface area contributed by atoms with Gasteiger partial charge in [-0.25, -0.2) is 4.98 Å². The third-order valence-electron chi connectivity index (χ3n) is 2.54. The van der Waals surface area contributed by atoms with Crippen molar-refractivity contribution in [3.05, 3.63) is 30.1 Å². The number of rotatable bonds is 3. The second-order valence-corrected chi connectivity index (χ2v) is 3.94. The van der Waals surface area contributed by atoms with E-state index in [4.69, 9.17) is 0 Å². The highest BCUT2D eigenvalue weighted by molar-refractivity contribution is 5.55. The van der Waals surface area contributed by atoms with E-state index in [2.05, 4.69) is 4.98 Å². The van der Waals surface area contributed by atoms with Crippen LogP contribution in [-0.2, 0) is 6.61 Å². The van der Waals surface area contributed by atoms with Gasteiger partial charge in [0, 0.05) is 13.2 Å². The van der Waals surface area contributed by atoms with Crippen molar-refractivity contribution >= 4 is 11.5 Å². The molecular weight excluding hydrogens is 247 g/mol. The molecule has 0 bridgehead atoms. The fourth-order valence-corrected chi connectivity index (χ4v) is 1.83. The fraction of sp³-hybridized carbons (Fsp3) is 0.364. The van der Waals surface area contributed by atoms with Gasteiger partial charge in [-0.3, -0.25) is 4.40 Å². The Morgan fingerprint density at radius 2 is 2.11 bits per heavy atom. The maximum Gasteiger partial charge on any atom is 0.405 e. The number of aliphatic hydroxyl groups excluding tert-OH is 1. The van der Waals surface area contributed by atoms with Gasteiger partial charge in [0.25, 0.3) is 0 Å². The van der Waals surface area contributed by atoms with Crippen LogP contribution in [0.4, 0.5) is 19.0 Å². The highest BCUT2D eigenvalue weighted by Crippen LogP contribution is 2.24. The Hall–Kier alpha value is -1.76. The zero-order valence-electron chi connectivity index (χ0n) is 9.65. The molecule has 7 heteroatoms. The lowest BCUT2D eigenvalue weighted by Crippen LogP contribution is -2.31. The van der Waals surface area contributed by atoms with Crippen LogP contribution in [-0.4, -0.2) is 34.3 Å². The molecule has 2 heterocycles. The Labute approximate surface area is 101 Å². The summed E-state index contributed by atoms with van der Waals surface area (Å²) in [5, 5.41) is 9.28. The van der Waals surface area contributed by atoms with Gasteiger partial charge in [-0.1, -0.05) is 6.07 Å². The Morgan fingerprint density at radius 3 is 2.72 bits per heavy atom. The van der Waals surface area contributed by atoms with Crippen LogP contribution in [0.2, 0.25) is 0 Å². The summed E-state index contributed by atoms with van der Waals surface area (Å²) in [4.78, 5) is 5.08. The highest BCUT2D eigenvalue weighted by atomic mass is 19.4. The molecule has 2 aromatic rings. The molecule has 1 N–H and O–H groups in total. The lowest BCUT2D eigenvalue weighted by atomic mass is 10.4. The van der Waals surface area contributed by atoms with Crippen LogP contribution in [0.1, 0.15) is 5.69 Å². The number of aliphatic hydroxyl groups is 1. The summed E-state index contributed by atoms with van der Waals surface area (Å²) in [7, 11) is 1.30. The van der Waals surface area contributed by atoms with Crippen molar-refractivity contribution in [2.45, 2.75) is 12.8 Å². The monoisotopic (exact) mass is 259 g/mol. The molecule has 0 saturated carbocycles. The maximum atomic E-state index is 12.3. The van der Waals surface area contributed by atoms with Gasteiger partial charge >= 0.3 is 6.18 Å². The predicted molar refractivity (Wildman–Crippen MR) is 60.4 cm³/mol. The number of halogens is 3. The van der Waals surface area contributed by atoms with Crippen molar-refractivity contribution in [3.8, 4) is 0 Å². The molecule has 0 unspecified atom stereocenters. The van der Waals surface area contributed by atoms with Crippen molar-refractivity contribution in [2.24, 2.45) is 0 Å². The Kier molecular flexibility index (Phi) is 3.16. The van der Waals surface area contributed by atoms with Crippen molar-refractivity contribution in [1.29, 1.82) is 0 Å². The molecule has 0 radical (unpaired) electrons. The first-order chi connectivity index (χ1) is 8.42. The summed E-state index contributed by atoms with van der Waals surface area (Å²) in [6.07, 6.45) is -2.66. The first-order valence-corrected chi connectivity index (χ1v) is 5.27. The number of nitrogens with zero attached hydrogens (tertiary/aromatic N) is 3. The average Bonchev–Trinajstić information content (AvgIpc) is 2.65. The van der Waals surface area contributed by atoms with E-state index in [1.54, 1.807) is 28.8 Å². The van der Waals surface area contributed by atoms with Crippen LogP contribution >= 0.6 is 0 Å². The van der Waals surface area contributed by atoms with Gasteiger partial charge in [0.2, 0.25) is 0 Å². The first-order valence-electron chi connectivity index (χ1n) is 5.27. The zero-order valence-corrected chi connectivity index (χ0v) is 9.65. The van der Waals surface area contributed by atoms with E-state index >= 15 is 0 Å². The first kappa shape index (κ1) is 12.7. The summed E-state index contributed by atoms with van der Waals surface area (Å²) >= 11 is 0. The van der Waals surface area contributed by atoms with Gasteiger partial charge in [-0.2, -0.15) is 13.2 Å². The van der Waals surface area contributed by atoms with Crippen molar-refractivity contribution < 1.29 is 18.3 Å². The molecule has 0 saturated heterocycles. The topological polar surface area (TPSA) is 40.8 Å². The quantitative estimate of drug-likeness (QED) is 0.914. The average molecular weight is 259 g/mol. The molecule has 2 rings (SSSR count). The van der Waals surface area contributed by atoms with E-state index in [1.807, 2.05) is 0 Å². The summed E-state index contributed by atoms with van der Waals surface area (Å²) in [6.45, 7) is -1.48. The fourth-order valence-electron chi connectivity index (χ4n) is 1.83. The van der Waals surface area contributed by atoms with E-state index in [0.717, 1.165) is 4.90 Å². The molecule has 0 spiro atoms. The number of aromatic nitrogens is 2. The normalized spacial score (nSPS) is 12.1. The summed E-state index contributed by atoms with van der Waals surface area (Å²) in [6, 6.07) is 5.13. The van der Waals surface area contributed by atoms with Crippen LogP contribution in [0.5, 0.6) is 0 Å². The number of fused-ring (bicyclic) bond motifs is 1. The molecule has 98 valence electrons.